The smallest absolute Gasteiger partial charge is 0.0780 e. The zero-order valence-electron chi connectivity index (χ0n) is 27.0. The number of hydrogen-bond acceptors (Lipinski definition) is 0. The molecule has 0 aromatic rings. The van der Waals surface area contributed by atoms with Crippen LogP contribution in [0.4, 0.5) is 0 Å². The van der Waals surface area contributed by atoms with Crippen molar-refractivity contribution in [1.82, 2.24) is 6.15 Å². The molecule has 37 heavy (non-hydrogen) atoms. The van der Waals surface area contributed by atoms with Crippen molar-refractivity contribution < 1.29 is 21.5 Å². The zero-order valence-corrected chi connectivity index (χ0v) is 30.2. The second-order valence-electron chi connectivity index (χ2n) is 12.2. The Morgan fingerprint density at radius 2 is 0.595 bits per heavy atom. The Morgan fingerprint density at radius 1 is 0.378 bits per heavy atom. The molecule has 0 saturated heterocycles. The Bertz CT molecular complexity index is 347. The second-order valence-corrected chi connectivity index (χ2v) is 13.0. The molecule has 0 fully saturated rings. The van der Waals surface area contributed by atoms with Crippen LogP contribution in [0, 0.1) is 0 Å². The van der Waals surface area contributed by atoms with Crippen LogP contribution in [-0.2, 0) is 0 Å². The van der Waals surface area contributed by atoms with Crippen LogP contribution in [0.5, 0.6) is 0 Å². The number of halogens is 2. The first-order valence-corrected chi connectivity index (χ1v) is 17.5. The molecule has 0 aliphatic heterocycles. The van der Waals surface area contributed by atoms with Gasteiger partial charge >= 0.3 is 0 Å². The molecule has 0 unspecified atom stereocenters. The van der Waals surface area contributed by atoms with Gasteiger partial charge in [0.25, 0.3) is 0 Å². The summed E-state index contributed by atoms with van der Waals surface area (Å²) in [5, 5.41) is 1.18. The van der Waals surface area contributed by atoms with E-state index in [0.717, 1.165) is 4.48 Å². The van der Waals surface area contributed by atoms with E-state index in [1.165, 1.54) is 179 Å². The SMILES string of the molecule is CCCCCCCCCCCCCCBr.CCCCCCCCCCCCCCCC[N+](C)(C)C.[Br-].[NH4+]. The lowest BCUT2D eigenvalue weighted by Crippen LogP contribution is -3.00. The van der Waals surface area contributed by atoms with Crippen molar-refractivity contribution in [3.8, 4) is 0 Å². The van der Waals surface area contributed by atoms with Gasteiger partial charge in [0, 0.05) is 5.33 Å². The van der Waals surface area contributed by atoms with Crippen LogP contribution in [-0.4, -0.2) is 37.5 Å². The molecule has 0 aliphatic rings. The number of quaternary nitrogens is 2. The lowest BCUT2D eigenvalue weighted by molar-refractivity contribution is -0.870. The van der Waals surface area contributed by atoms with Gasteiger partial charge in [0.15, 0.2) is 0 Å². The summed E-state index contributed by atoms with van der Waals surface area (Å²) in [6.45, 7) is 5.91. The van der Waals surface area contributed by atoms with Crippen LogP contribution in [0.1, 0.15) is 181 Å². The molecule has 4 heteroatoms. The van der Waals surface area contributed by atoms with Crippen LogP contribution >= 0.6 is 15.9 Å². The van der Waals surface area contributed by atoms with E-state index in [0.29, 0.717) is 0 Å². The molecule has 0 rings (SSSR count). The summed E-state index contributed by atoms with van der Waals surface area (Å²) in [6, 6.07) is 0. The van der Waals surface area contributed by atoms with E-state index in [2.05, 4.69) is 50.9 Å². The van der Waals surface area contributed by atoms with Crippen molar-refractivity contribution in [2.45, 2.75) is 181 Å². The maximum atomic E-state index is 3.47. The average Bonchev–Trinajstić information content (AvgIpc) is 2.82. The number of nitrogens with zero attached hydrogens (tertiary/aromatic N) is 1. The Morgan fingerprint density at radius 3 is 0.811 bits per heavy atom. The normalized spacial score (nSPS) is 10.9. The Hall–Kier alpha value is 0.880. The second kappa shape index (κ2) is 39.0. The Kier molecular flexibility index (Phi) is 47.3. The van der Waals surface area contributed by atoms with Crippen LogP contribution < -0.4 is 23.1 Å². The van der Waals surface area contributed by atoms with Gasteiger partial charge in [-0.3, -0.25) is 0 Å². The van der Waals surface area contributed by atoms with Gasteiger partial charge in [-0.15, -0.1) is 0 Å². The molecule has 0 radical (unpaired) electrons. The largest absolute Gasteiger partial charge is 1.00 e. The van der Waals surface area contributed by atoms with E-state index in [1.807, 2.05) is 0 Å². The standard InChI is InChI=1S/C19H42N.C14H29Br.BrH.H3N/c1-5-6-7-8-9-10-11-12-13-14-15-16-17-18-19-20(2,3)4;1-2-3-4-5-6-7-8-9-10-11-12-13-14-15;;/h5-19H2,1-4H3;2-14H2,1H3;1H;1H3/q+1;;;. The third kappa shape index (κ3) is 50.3. The van der Waals surface area contributed by atoms with Crippen LogP contribution in [0.3, 0.4) is 0 Å². The predicted octanol–water partition coefficient (Wildman–Crippen LogP) is 9.64. The van der Waals surface area contributed by atoms with Crippen molar-refractivity contribution >= 4 is 15.9 Å². The molecule has 0 aromatic carbocycles. The van der Waals surface area contributed by atoms with Crippen molar-refractivity contribution in [3.63, 3.8) is 0 Å². The highest BCUT2D eigenvalue weighted by Crippen LogP contribution is 2.14. The highest BCUT2D eigenvalue weighted by molar-refractivity contribution is 9.09. The first-order valence-electron chi connectivity index (χ1n) is 16.3. The minimum absolute atomic E-state index is 0. The topological polar surface area (TPSA) is 36.5 Å². The molecule has 2 nitrogen and oxygen atoms in total. The zero-order chi connectivity index (χ0) is 26.3. The third-order valence-corrected chi connectivity index (χ3v) is 7.73. The number of alkyl halides is 1. The van der Waals surface area contributed by atoms with E-state index < -0.39 is 0 Å². The highest BCUT2D eigenvalue weighted by Gasteiger charge is 2.05. The van der Waals surface area contributed by atoms with Gasteiger partial charge in [-0.1, -0.05) is 177 Å². The van der Waals surface area contributed by atoms with E-state index in [1.54, 1.807) is 0 Å². The Balaban J connectivity index is -0.000000289. The van der Waals surface area contributed by atoms with Gasteiger partial charge in [-0.2, -0.15) is 0 Å². The van der Waals surface area contributed by atoms with E-state index in [-0.39, 0.29) is 23.1 Å². The van der Waals surface area contributed by atoms with Gasteiger partial charge < -0.3 is 27.6 Å². The van der Waals surface area contributed by atoms with Gasteiger partial charge in [0.2, 0.25) is 0 Å². The maximum absolute atomic E-state index is 3.47. The van der Waals surface area contributed by atoms with Gasteiger partial charge in [0.1, 0.15) is 0 Å². The summed E-state index contributed by atoms with van der Waals surface area (Å²) >= 11 is 3.47. The van der Waals surface area contributed by atoms with Gasteiger partial charge in [-0.25, -0.2) is 0 Å². The molecule has 0 heterocycles. The molecule has 0 aliphatic carbocycles. The molecule has 230 valence electrons. The number of hydrogen-bond donors (Lipinski definition) is 1. The lowest BCUT2D eigenvalue weighted by Gasteiger charge is -2.23. The fourth-order valence-corrected chi connectivity index (χ4v) is 5.11. The summed E-state index contributed by atoms with van der Waals surface area (Å²) in [5.41, 5.74) is 0. The highest BCUT2D eigenvalue weighted by atomic mass is 79.9. The molecule has 0 amide bonds. The molecular weight excluding hydrogens is 584 g/mol. The molecule has 0 atom stereocenters. The van der Waals surface area contributed by atoms with Crippen LogP contribution in [0.25, 0.3) is 0 Å². The molecule has 0 bridgehead atoms. The third-order valence-electron chi connectivity index (χ3n) is 7.17. The van der Waals surface area contributed by atoms with E-state index in [9.17, 15) is 0 Å². The summed E-state index contributed by atoms with van der Waals surface area (Å²) in [7, 11) is 6.88. The Labute approximate surface area is 256 Å². The predicted molar refractivity (Wildman–Crippen MR) is 174 cm³/mol. The first kappa shape index (κ1) is 44.9. The molecule has 0 aromatic heterocycles. The monoisotopic (exact) mass is 657 g/mol. The minimum Gasteiger partial charge on any atom is -1.00 e. The molecule has 0 spiro atoms. The van der Waals surface area contributed by atoms with Gasteiger partial charge in [-0.05, 0) is 19.3 Å². The average molecular weight is 660 g/mol. The molecular formula is C33H75Br2N2+. The van der Waals surface area contributed by atoms with Crippen molar-refractivity contribution in [2.24, 2.45) is 0 Å². The maximum Gasteiger partial charge on any atom is 0.0780 e. The van der Waals surface area contributed by atoms with Crippen LogP contribution in [0.15, 0.2) is 0 Å². The summed E-state index contributed by atoms with van der Waals surface area (Å²) in [5.74, 6) is 0. The quantitative estimate of drug-likeness (QED) is 0.0518. The van der Waals surface area contributed by atoms with E-state index >= 15 is 0 Å². The van der Waals surface area contributed by atoms with Gasteiger partial charge in [0.05, 0.1) is 27.7 Å². The fourth-order valence-electron chi connectivity index (χ4n) is 4.72. The first-order chi connectivity index (χ1) is 17.0. The van der Waals surface area contributed by atoms with Crippen LogP contribution in [0.2, 0.25) is 0 Å². The minimum atomic E-state index is 0. The summed E-state index contributed by atoms with van der Waals surface area (Å²) < 4.78 is 1.12. The fraction of sp³-hybridized carbons (Fsp3) is 1.00. The number of rotatable bonds is 27. The summed E-state index contributed by atoms with van der Waals surface area (Å²) in [6.07, 6.45) is 37.7. The molecule has 0 saturated carbocycles. The molecule has 4 N–H and O–H groups in total. The van der Waals surface area contributed by atoms with Crippen molar-refractivity contribution in [3.05, 3.63) is 0 Å². The lowest BCUT2D eigenvalue weighted by atomic mass is 10.0. The number of unbranched alkanes of at least 4 members (excludes halogenated alkanes) is 24. The summed E-state index contributed by atoms with van der Waals surface area (Å²) in [4.78, 5) is 0. The van der Waals surface area contributed by atoms with Crippen molar-refractivity contribution in [1.29, 1.82) is 0 Å². The van der Waals surface area contributed by atoms with E-state index in [4.69, 9.17) is 0 Å². The van der Waals surface area contributed by atoms with Crippen molar-refractivity contribution in [2.75, 3.05) is 33.0 Å².